The minimum absolute atomic E-state index is 0.284. The van der Waals surface area contributed by atoms with Gasteiger partial charge in [0.25, 0.3) is 5.91 Å². The number of hydrogen-bond acceptors (Lipinski definition) is 3. The van der Waals surface area contributed by atoms with Gasteiger partial charge >= 0.3 is 6.09 Å². The summed E-state index contributed by atoms with van der Waals surface area (Å²) in [5.41, 5.74) is 2.57. The summed E-state index contributed by atoms with van der Waals surface area (Å²) in [6.07, 6.45) is 0.630. The number of para-hydroxylation sites is 1. The van der Waals surface area contributed by atoms with Gasteiger partial charge in [-0.3, -0.25) is 10.1 Å². The molecule has 0 bridgehead atoms. The van der Waals surface area contributed by atoms with Crippen molar-refractivity contribution in [1.29, 1.82) is 0 Å². The summed E-state index contributed by atoms with van der Waals surface area (Å²) in [5, 5.41) is 13.8. The second-order valence-corrected chi connectivity index (χ2v) is 5.39. The third kappa shape index (κ3) is 3.84. The number of aromatic nitrogens is 2. The molecule has 0 saturated heterocycles. The molecule has 3 aromatic rings. The monoisotopic (exact) mass is 336 g/mol. The third-order valence-electron chi connectivity index (χ3n) is 3.54. The lowest BCUT2D eigenvalue weighted by molar-refractivity contribution is 0.101. The Balaban J connectivity index is 1.80. The minimum atomic E-state index is -1.12. The Labute approximate surface area is 143 Å². The molecule has 7 nitrogen and oxygen atoms in total. The first kappa shape index (κ1) is 16.3. The zero-order chi connectivity index (χ0) is 17.8. The molecule has 1 aromatic heterocycles. The number of nitrogens with zero attached hydrogens (tertiary/aromatic N) is 2. The molecular formula is C18H16N4O3. The number of amides is 2. The number of carbonyl (C=O) groups is 2. The molecule has 0 saturated carbocycles. The van der Waals surface area contributed by atoms with Crippen LogP contribution in [0.1, 0.15) is 10.6 Å². The van der Waals surface area contributed by atoms with Crippen LogP contribution in [0.5, 0.6) is 0 Å². The van der Waals surface area contributed by atoms with E-state index in [-0.39, 0.29) is 11.7 Å². The van der Waals surface area contributed by atoms with E-state index in [1.807, 2.05) is 18.2 Å². The summed E-state index contributed by atoms with van der Waals surface area (Å²) < 4.78 is 1.65. The lowest BCUT2D eigenvalue weighted by atomic mass is 10.1. The quantitative estimate of drug-likeness (QED) is 0.680. The van der Waals surface area contributed by atoms with Crippen LogP contribution >= 0.6 is 0 Å². The lowest BCUT2D eigenvalue weighted by Gasteiger charge is -2.04. The first-order valence-electron chi connectivity index (χ1n) is 7.53. The van der Waals surface area contributed by atoms with Crippen molar-refractivity contribution in [1.82, 2.24) is 9.55 Å². The van der Waals surface area contributed by atoms with Gasteiger partial charge in [0.2, 0.25) is 0 Å². The van der Waals surface area contributed by atoms with Crippen LogP contribution in [0.4, 0.5) is 16.2 Å². The molecule has 0 aliphatic rings. The fourth-order valence-electron chi connectivity index (χ4n) is 2.37. The van der Waals surface area contributed by atoms with Crippen LogP contribution in [0.15, 0.2) is 60.8 Å². The Morgan fingerprint density at radius 1 is 0.960 bits per heavy atom. The molecule has 0 aliphatic heterocycles. The van der Waals surface area contributed by atoms with Gasteiger partial charge < -0.3 is 15.0 Å². The van der Waals surface area contributed by atoms with Crippen molar-refractivity contribution in [2.24, 2.45) is 7.05 Å². The standard InChI is InChI=1S/C18H16N4O3/c1-22-11-15(12-7-9-14(10-8-12)20-18(24)25)21-16(22)17(23)19-13-5-3-2-4-6-13/h2-11,20H,1H3,(H,19,23)(H,24,25). The highest BCUT2D eigenvalue weighted by molar-refractivity contribution is 6.02. The van der Waals surface area contributed by atoms with Gasteiger partial charge in [0.05, 0.1) is 5.69 Å². The van der Waals surface area contributed by atoms with E-state index >= 15 is 0 Å². The van der Waals surface area contributed by atoms with E-state index in [0.29, 0.717) is 17.1 Å². The van der Waals surface area contributed by atoms with E-state index in [0.717, 1.165) is 5.56 Å². The maximum absolute atomic E-state index is 12.4. The molecule has 0 atom stereocenters. The van der Waals surface area contributed by atoms with Gasteiger partial charge in [-0.05, 0) is 24.3 Å². The average molecular weight is 336 g/mol. The van der Waals surface area contributed by atoms with E-state index in [1.165, 1.54) is 0 Å². The molecule has 0 unspecified atom stereocenters. The molecule has 2 aromatic carbocycles. The van der Waals surface area contributed by atoms with Gasteiger partial charge in [-0.2, -0.15) is 0 Å². The SMILES string of the molecule is Cn1cc(-c2ccc(NC(=O)O)cc2)nc1C(=O)Nc1ccccc1. The van der Waals surface area contributed by atoms with Gasteiger partial charge in [0, 0.05) is 30.2 Å². The number of carbonyl (C=O) groups excluding carboxylic acids is 1. The van der Waals surface area contributed by atoms with Crippen molar-refractivity contribution < 1.29 is 14.7 Å². The maximum atomic E-state index is 12.4. The Morgan fingerprint density at radius 2 is 1.60 bits per heavy atom. The van der Waals surface area contributed by atoms with Crippen LogP contribution < -0.4 is 10.6 Å². The van der Waals surface area contributed by atoms with Crippen molar-refractivity contribution in [2.45, 2.75) is 0 Å². The van der Waals surface area contributed by atoms with E-state index in [1.54, 1.807) is 54.2 Å². The normalized spacial score (nSPS) is 10.3. The molecule has 0 spiro atoms. The van der Waals surface area contributed by atoms with Crippen LogP contribution in [-0.2, 0) is 7.05 Å². The Morgan fingerprint density at radius 3 is 2.24 bits per heavy atom. The number of rotatable bonds is 4. The van der Waals surface area contributed by atoms with Crippen molar-refractivity contribution in [3.8, 4) is 11.3 Å². The summed E-state index contributed by atoms with van der Waals surface area (Å²) >= 11 is 0. The number of nitrogens with one attached hydrogen (secondary N) is 2. The number of aryl methyl sites for hydroxylation is 1. The fraction of sp³-hybridized carbons (Fsp3) is 0.0556. The first-order chi connectivity index (χ1) is 12.0. The average Bonchev–Trinajstić information content (AvgIpc) is 2.98. The van der Waals surface area contributed by atoms with Crippen LogP contribution in [0.25, 0.3) is 11.3 Å². The van der Waals surface area contributed by atoms with Gasteiger partial charge in [-0.25, -0.2) is 9.78 Å². The summed E-state index contributed by atoms with van der Waals surface area (Å²) in [5.74, 6) is -0.0179. The van der Waals surface area contributed by atoms with Gasteiger partial charge in [-0.1, -0.05) is 30.3 Å². The molecule has 25 heavy (non-hydrogen) atoms. The molecule has 0 radical (unpaired) electrons. The number of anilines is 2. The van der Waals surface area contributed by atoms with E-state index in [4.69, 9.17) is 5.11 Å². The van der Waals surface area contributed by atoms with E-state index in [9.17, 15) is 9.59 Å². The second-order valence-electron chi connectivity index (χ2n) is 5.39. The Hall–Kier alpha value is -3.61. The predicted octanol–water partition coefficient (Wildman–Crippen LogP) is 3.43. The summed E-state index contributed by atoms with van der Waals surface area (Å²) in [7, 11) is 1.75. The molecule has 0 aliphatic carbocycles. The zero-order valence-corrected chi connectivity index (χ0v) is 13.4. The van der Waals surface area contributed by atoms with Crippen molar-refractivity contribution in [2.75, 3.05) is 10.6 Å². The predicted molar refractivity (Wildman–Crippen MR) is 94.7 cm³/mol. The number of benzene rings is 2. The molecule has 3 N–H and O–H groups in total. The van der Waals surface area contributed by atoms with Gasteiger partial charge in [0.1, 0.15) is 0 Å². The second kappa shape index (κ2) is 6.88. The van der Waals surface area contributed by atoms with Crippen LogP contribution in [-0.4, -0.2) is 26.7 Å². The minimum Gasteiger partial charge on any atom is -0.465 e. The molecule has 7 heteroatoms. The highest BCUT2D eigenvalue weighted by atomic mass is 16.4. The number of hydrogen-bond donors (Lipinski definition) is 3. The number of imidazole rings is 1. The van der Waals surface area contributed by atoms with Crippen molar-refractivity contribution in [3.63, 3.8) is 0 Å². The largest absolute Gasteiger partial charge is 0.465 e. The van der Waals surface area contributed by atoms with Gasteiger partial charge in [0.15, 0.2) is 5.82 Å². The highest BCUT2D eigenvalue weighted by Gasteiger charge is 2.15. The van der Waals surface area contributed by atoms with Crippen LogP contribution in [0, 0.1) is 0 Å². The molecule has 0 fully saturated rings. The topological polar surface area (TPSA) is 96.2 Å². The van der Waals surface area contributed by atoms with Crippen LogP contribution in [0.2, 0.25) is 0 Å². The first-order valence-corrected chi connectivity index (χ1v) is 7.53. The number of carboxylic acid groups (broad SMARTS) is 1. The summed E-state index contributed by atoms with van der Waals surface area (Å²) in [6.45, 7) is 0. The van der Waals surface area contributed by atoms with E-state index in [2.05, 4.69) is 15.6 Å². The molecule has 126 valence electrons. The molecule has 1 heterocycles. The van der Waals surface area contributed by atoms with E-state index < -0.39 is 6.09 Å². The summed E-state index contributed by atoms with van der Waals surface area (Å²) in [6, 6.07) is 15.9. The maximum Gasteiger partial charge on any atom is 0.409 e. The molecule has 2 amide bonds. The molecule has 3 rings (SSSR count). The van der Waals surface area contributed by atoms with Crippen molar-refractivity contribution >= 4 is 23.4 Å². The Bertz CT molecular complexity index is 902. The zero-order valence-electron chi connectivity index (χ0n) is 13.4. The smallest absolute Gasteiger partial charge is 0.409 e. The third-order valence-corrected chi connectivity index (χ3v) is 3.54. The molecular weight excluding hydrogens is 320 g/mol. The summed E-state index contributed by atoms with van der Waals surface area (Å²) in [4.78, 5) is 27.4. The fourth-order valence-corrected chi connectivity index (χ4v) is 2.37. The van der Waals surface area contributed by atoms with Crippen molar-refractivity contribution in [3.05, 3.63) is 66.6 Å². The van der Waals surface area contributed by atoms with Gasteiger partial charge in [-0.15, -0.1) is 0 Å². The highest BCUT2D eigenvalue weighted by Crippen LogP contribution is 2.21. The van der Waals surface area contributed by atoms with Crippen LogP contribution in [0.3, 0.4) is 0 Å². The lowest BCUT2D eigenvalue weighted by Crippen LogP contribution is -2.16. The Kier molecular flexibility index (Phi) is 4.47.